The van der Waals surface area contributed by atoms with E-state index in [0.29, 0.717) is 0 Å². The van der Waals surface area contributed by atoms with Gasteiger partial charge in [-0.3, -0.25) is 0 Å². The van der Waals surface area contributed by atoms with Crippen LogP contribution in [0.2, 0.25) is 0 Å². The number of benzene rings is 1. The van der Waals surface area contributed by atoms with Gasteiger partial charge in [0.15, 0.2) is 5.96 Å². The zero-order valence-electron chi connectivity index (χ0n) is 9.57. The van der Waals surface area contributed by atoms with Crippen molar-refractivity contribution in [2.45, 2.75) is 0 Å². The van der Waals surface area contributed by atoms with E-state index in [1.54, 1.807) is 0 Å². The van der Waals surface area contributed by atoms with Crippen molar-refractivity contribution in [2.24, 2.45) is 27.2 Å². The lowest BCUT2D eigenvalue weighted by molar-refractivity contribution is 0.0652. The molecule has 0 aliphatic rings. The zero-order valence-corrected chi connectivity index (χ0v) is 9.57. The third kappa shape index (κ3) is 3.43. The average molecular weight is 265 g/mol. The van der Waals surface area contributed by atoms with Crippen molar-refractivity contribution >= 4 is 29.5 Å². The SMILES string of the molecule is NC(N)=NC(N)=Nc1cccc(C(=O)O)c1C(=O)O. The van der Waals surface area contributed by atoms with E-state index in [0.717, 1.165) is 6.07 Å². The van der Waals surface area contributed by atoms with Gasteiger partial charge >= 0.3 is 11.9 Å². The third-order valence-electron chi connectivity index (χ3n) is 1.97. The number of aromatic carboxylic acids is 2. The van der Waals surface area contributed by atoms with E-state index >= 15 is 0 Å². The number of carbonyl (C=O) groups is 2. The van der Waals surface area contributed by atoms with Crippen LogP contribution >= 0.6 is 0 Å². The first-order chi connectivity index (χ1) is 8.82. The van der Waals surface area contributed by atoms with Crippen LogP contribution < -0.4 is 17.2 Å². The maximum atomic E-state index is 11.1. The molecule has 0 heterocycles. The first kappa shape index (κ1) is 14.0. The molecule has 0 atom stereocenters. The van der Waals surface area contributed by atoms with Gasteiger partial charge in [-0.05, 0) is 12.1 Å². The molecule has 1 aromatic carbocycles. The second-order valence-corrected chi connectivity index (χ2v) is 3.32. The summed E-state index contributed by atoms with van der Waals surface area (Å²) >= 11 is 0. The second-order valence-electron chi connectivity index (χ2n) is 3.32. The Morgan fingerprint density at radius 3 is 2.16 bits per heavy atom. The standard InChI is InChI=1S/C10H11N5O4/c11-9(12)15-10(13)14-5-3-1-2-4(7(16)17)6(5)8(18)19/h1-3H,(H,16,17)(H,18,19)(H6,11,12,13,14,15). The summed E-state index contributed by atoms with van der Waals surface area (Å²) in [5.41, 5.74) is 14.5. The first-order valence-electron chi connectivity index (χ1n) is 4.86. The van der Waals surface area contributed by atoms with Crippen molar-refractivity contribution in [1.82, 2.24) is 0 Å². The Morgan fingerprint density at radius 2 is 1.68 bits per heavy atom. The van der Waals surface area contributed by atoms with Crippen LogP contribution in [0.15, 0.2) is 28.2 Å². The molecule has 9 nitrogen and oxygen atoms in total. The summed E-state index contributed by atoms with van der Waals surface area (Å²) < 4.78 is 0. The Balaban J connectivity index is 3.44. The summed E-state index contributed by atoms with van der Waals surface area (Å²) in [4.78, 5) is 29.1. The van der Waals surface area contributed by atoms with Gasteiger partial charge in [0, 0.05) is 0 Å². The number of carboxylic acids is 2. The minimum absolute atomic E-state index is 0.157. The van der Waals surface area contributed by atoms with Gasteiger partial charge < -0.3 is 27.4 Å². The van der Waals surface area contributed by atoms with Gasteiger partial charge in [-0.2, -0.15) is 4.99 Å². The molecule has 1 aromatic rings. The number of carboxylic acid groups (broad SMARTS) is 2. The molecule has 0 aliphatic carbocycles. The van der Waals surface area contributed by atoms with Crippen molar-refractivity contribution in [1.29, 1.82) is 0 Å². The van der Waals surface area contributed by atoms with E-state index in [1.807, 2.05) is 0 Å². The van der Waals surface area contributed by atoms with Gasteiger partial charge in [-0.25, -0.2) is 14.6 Å². The fourth-order valence-electron chi connectivity index (χ4n) is 1.32. The molecule has 8 N–H and O–H groups in total. The summed E-state index contributed by atoms with van der Waals surface area (Å²) in [6.07, 6.45) is 0. The lowest BCUT2D eigenvalue weighted by Crippen LogP contribution is -2.26. The minimum Gasteiger partial charge on any atom is -0.478 e. The highest BCUT2D eigenvalue weighted by Gasteiger charge is 2.19. The van der Waals surface area contributed by atoms with Crippen LogP contribution in [0.3, 0.4) is 0 Å². The van der Waals surface area contributed by atoms with E-state index < -0.39 is 23.1 Å². The number of aliphatic imine (C=N–C) groups is 2. The van der Waals surface area contributed by atoms with Gasteiger partial charge in [0.1, 0.15) is 0 Å². The van der Waals surface area contributed by atoms with Crippen molar-refractivity contribution in [3.8, 4) is 0 Å². The lowest BCUT2D eigenvalue weighted by atomic mass is 10.1. The van der Waals surface area contributed by atoms with Gasteiger partial charge in [0.25, 0.3) is 0 Å². The predicted molar refractivity (Wildman–Crippen MR) is 67.5 cm³/mol. The molecular formula is C10H11N5O4. The molecule has 0 aliphatic heterocycles. The van der Waals surface area contributed by atoms with Gasteiger partial charge in [0.05, 0.1) is 16.8 Å². The van der Waals surface area contributed by atoms with Crippen molar-refractivity contribution in [2.75, 3.05) is 0 Å². The van der Waals surface area contributed by atoms with Gasteiger partial charge in [-0.1, -0.05) is 6.07 Å². The molecule has 0 amide bonds. The van der Waals surface area contributed by atoms with Crippen LogP contribution in [-0.2, 0) is 0 Å². The number of nitrogens with two attached hydrogens (primary N) is 3. The number of hydrogen-bond acceptors (Lipinski definition) is 3. The van der Waals surface area contributed by atoms with E-state index in [4.69, 9.17) is 27.4 Å². The molecule has 9 heteroatoms. The number of hydrogen-bond donors (Lipinski definition) is 5. The number of rotatable bonds is 3. The van der Waals surface area contributed by atoms with Crippen molar-refractivity contribution in [3.05, 3.63) is 29.3 Å². The Morgan fingerprint density at radius 1 is 1.05 bits per heavy atom. The lowest BCUT2D eigenvalue weighted by Gasteiger charge is -2.05. The second kappa shape index (κ2) is 5.49. The molecule has 0 aromatic heterocycles. The maximum Gasteiger partial charge on any atom is 0.338 e. The molecule has 0 bridgehead atoms. The van der Waals surface area contributed by atoms with Gasteiger partial charge in [0.2, 0.25) is 5.96 Å². The average Bonchev–Trinajstić information content (AvgIpc) is 2.26. The molecule has 0 unspecified atom stereocenters. The molecule has 1 rings (SSSR count). The Kier molecular flexibility index (Phi) is 4.03. The number of guanidine groups is 2. The number of nitrogens with zero attached hydrogens (tertiary/aromatic N) is 2. The Hall–Kier alpha value is -3.10. The molecule has 19 heavy (non-hydrogen) atoms. The zero-order chi connectivity index (χ0) is 14.6. The van der Waals surface area contributed by atoms with E-state index in [9.17, 15) is 9.59 Å². The monoisotopic (exact) mass is 265 g/mol. The normalized spacial score (nSPS) is 10.8. The molecule has 0 saturated carbocycles. The van der Waals surface area contributed by atoms with Crippen LogP contribution in [0.4, 0.5) is 5.69 Å². The van der Waals surface area contributed by atoms with Crippen molar-refractivity contribution < 1.29 is 19.8 Å². The summed E-state index contributed by atoms with van der Waals surface area (Å²) in [5, 5.41) is 17.9. The predicted octanol–water partition coefficient (Wildman–Crippen LogP) is -0.697. The Labute approximate surface area is 107 Å². The van der Waals surface area contributed by atoms with E-state index in [-0.39, 0.29) is 17.6 Å². The van der Waals surface area contributed by atoms with E-state index in [2.05, 4.69) is 9.98 Å². The maximum absolute atomic E-state index is 11.1. The minimum atomic E-state index is -1.45. The van der Waals surface area contributed by atoms with Gasteiger partial charge in [-0.15, -0.1) is 0 Å². The van der Waals surface area contributed by atoms with Crippen LogP contribution in [0.25, 0.3) is 0 Å². The topological polar surface area (TPSA) is 177 Å². The smallest absolute Gasteiger partial charge is 0.338 e. The quantitative estimate of drug-likeness (QED) is 0.354. The van der Waals surface area contributed by atoms with Crippen LogP contribution in [0, 0.1) is 0 Å². The fourth-order valence-corrected chi connectivity index (χ4v) is 1.32. The fraction of sp³-hybridized carbons (Fsp3) is 0. The Bertz CT molecular complexity index is 590. The summed E-state index contributed by atoms with van der Waals surface area (Å²) in [5.74, 6) is -3.58. The van der Waals surface area contributed by atoms with Crippen LogP contribution in [0.5, 0.6) is 0 Å². The summed E-state index contributed by atoms with van der Waals surface area (Å²) in [6.45, 7) is 0. The highest BCUT2D eigenvalue weighted by atomic mass is 16.4. The van der Waals surface area contributed by atoms with Crippen LogP contribution in [0.1, 0.15) is 20.7 Å². The summed E-state index contributed by atoms with van der Waals surface area (Å²) in [7, 11) is 0. The molecule has 0 radical (unpaired) electrons. The largest absolute Gasteiger partial charge is 0.478 e. The molecular weight excluding hydrogens is 254 g/mol. The molecule has 100 valence electrons. The first-order valence-corrected chi connectivity index (χ1v) is 4.86. The molecule has 0 spiro atoms. The highest BCUT2D eigenvalue weighted by molar-refractivity contribution is 6.06. The third-order valence-corrected chi connectivity index (χ3v) is 1.97. The molecule has 0 fully saturated rings. The van der Waals surface area contributed by atoms with Crippen LogP contribution in [-0.4, -0.2) is 34.1 Å². The molecule has 0 saturated heterocycles. The van der Waals surface area contributed by atoms with E-state index in [1.165, 1.54) is 12.1 Å². The van der Waals surface area contributed by atoms with Crippen molar-refractivity contribution in [3.63, 3.8) is 0 Å². The highest BCUT2D eigenvalue weighted by Crippen LogP contribution is 2.23. The summed E-state index contributed by atoms with van der Waals surface area (Å²) in [6, 6.07) is 3.75.